The van der Waals surface area contributed by atoms with Crippen molar-refractivity contribution in [3.05, 3.63) is 53.1 Å². The Hall–Kier alpha value is -2.10. The fourth-order valence-electron chi connectivity index (χ4n) is 4.86. The van der Waals surface area contributed by atoms with E-state index < -0.39 is 6.10 Å². The summed E-state index contributed by atoms with van der Waals surface area (Å²) in [6.45, 7) is 5.18. The highest BCUT2D eigenvalue weighted by atomic mass is 35.5. The molecule has 0 aliphatic carbocycles. The second-order valence-electron chi connectivity index (χ2n) is 9.08. The summed E-state index contributed by atoms with van der Waals surface area (Å²) in [5.41, 5.74) is 3.12. The monoisotopic (exact) mass is 524 g/mol. The van der Waals surface area contributed by atoms with Gasteiger partial charge in [0.15, 0.2) is 0 Å². The number of hydrogen-bond donors (Lipinski definition) is 2. The molecule has 0 radical (unpaired) electrons. The Morgan fingerprint density at radius 1 is 1.09 bits per heavy atom. The van der Waals surface area contributed by atoms with Gasteiger partial charge in [-0.1, -0.05) is 24.3 Å². The lowest BCUT2D eigenvalue weighted by Gasteiger charge is -2.32. The molecule has 192 valence electrons. The van der Waals surface area contributed by atoms with Crippen LogP contribution in [0.5, 0.6) is 11.8 Å². The number of ether oxygens (including phenoxy) is 2. The second-order valence-corrected chi connectivity index (χ2v) is 9.08. The lowest BCUT2D eigenvalue weighted by molar-refractivity contribution is 0.0501. The van der Waals surface area contributed by atoms with E-state index in [1.54, 1.807) is 17.0 Å². The molecular formula is C25H34Cl2N4O4. The standard InChI is InChI=1S/C25H32N4O4.2ClH/c30-20(16-28-12-9-18-3-1-2-4-19(18)15-28)17-29-13-14-32-24-22(25(29)31)5-6-23(27-24)33-21-7-10-26-11-8-21;;/h1-6,20-21,26,30H,7-17H2;2*1H/t20-;;/m1../s1. The molecule has 1 aromatic carbocycles. The van der Waals surface area contributed by atoms with Gasteiger partial charge in [-0.3, -0.25) is 9.69 Å². The number of halogens is 2. The van der Waals surface area contributed by atoms with E-state index in [0.717, 1.165) is 45.4 Å². The molecule has 35 heavy (non-hydrogen) atoms. The van der Waals surface area contributed by atoms with Crippen LogP contribution in [0.15, 0.2) is 36.4 Å². The van der Waals surface area contributed by atoms with Gasteiger partial charge in [0.1, 0.15) is 18.3 Å². The Morgan fingerprint density at radius 2 is 1.86 bits per heavy atom. The maximum Gasteiger partial charge on any atom is 0.259 e. The number of aromatic nitrogens is 1. The van der Waals surface area contributed by atoms with Crippen molar-refractivity contribution in [2.75, 3.05) is 45.9 Å². The number of pyridine rings is 1. The smallest absolute Gasteiger partial charge is 0.259 e. The van der Waals surface area contributed by atoms with E-state index >= 15 is 0 Å². The van der Waals surface area contributed by atoms with Crippen LogP contribution >= 0.6 is 24.8 Å². The number of aliphatic hydroxyl groups is 1. The first-order valence-corrected chi connectivity index (χ1v) is 11.9. The summed E-state index contributed by atoms with van der Waals surface area (Å²) in [7, 11) is 0. The van der Waals surface area contributed by atoms with Gasteiger partial charge in [0.25, 0.3) is 5.91 Å². The number of aliphatic hydroxyl groups excluding tert-OH is 1. The first-order chi connectivity index (χ1) is 16.2. The Kier molecular flexibility index (Phi) is 10.0. The van der Waals surface area contributed by atoms with Crippen molar-refractivity contribution in [1.29, 1.82) is 0 Å². The van der Waals surface area contributed by atoms with Crippen molar-refractivity contribution in [2.24, 2.45) is 0 Å². The molecule has 5 rings (SSSR count). The third kappa shape index (κ3) is 6.77. The molecule has 1 fully saturated rings. The molecule has 1 atom stereocenters. The lowest BCUT2D eigenvalue weighted by Crippen LogP contribution is -2.44. The third-order valence-corrected chi connectivity index (χ3v) is 6.64. The molecule has 0 bridgehead atoms. The number of fused-ring (bicyclic) bond motifs is 2. The van der Waals surface area contributed by atoms with Crippen LogP contribution in [0.3, 0.4) is 0 Å². The predicted molar refractivity (Wildman–Crippen MR) is 138 cm³/mol. The van der Waals surface area contributed by atoms with Crippen LogP contribution in [-0.4, -0.2) is 83.9 Å². The first-order valence-electron chi connectivity index (χ1n) is 11.9. The van der Waals surface area contributed by atoms with Crippen LogP contribution in [-0.2, 0) is 13.0 Å². The van der Waals surface area contributed by atoms with Crippen LogP contribution in [0.4, 0.5) is 0 Å². The molecule has 0 spiro atoms. The van der Waals surface area contributed by atoms with Gasteiger partial charge in [0.05, 0.1) is 12.6 Å². The van der Waals surface area contributed by atoms with Crippen LogP contribution in [0.25, 0.3) is 0 Å². The van der Waals surface area contributed by atoms with Crippen molar-refractivity contribution in [1.82, 2.24) is 20.1 Å². The summed E-state index contributed by atoms with van der Waals surface area (Å²) in [5.74, 6) is 0.648. The number of piperidine rings is 1. The molecular weight excluding hydrogens is 491 g/mol. The van der Waals surface area contributed by atoms with Crippen LogP contribution in [0.2, 0.25) is 0 Å². The number of benzene rings is 1. The minimum Gasteiger partial charge on any atom is -0.475 e. The second kappa shape index (κ2) is 12.7. The Balaban J connectivity index is 0.00000171. The van der Waals surface area contributed by atoms with Gasteiger partial charge in [-0.05, 0) is 49.5 Å². The minimum atomic E-state index is -0.628. The maximum absolute atomic E-state index is 13.2. The summed E-state index contributed by atoms with van der Waals surface area (Å²) in [6, 6.07) is 11.9. The van der Waals surface area contributed by atoms with Gasteiger partial charge in [0.2, 0.25) is 11.8 Å². The molecule has 2 aromatic rings. The minimum absolute atomic E-state index is 0. The van der Waals surface area contributed by atoms with Gasteiger partial charge in [0, 0.05) is 32.2 Å². The third-order valence-electron chi connectivity index (χ3n) is 6.64. The predicted octanol–water partition coefficient (Wildman–Crippen LogP) is 2.31. The zero-order chi connectivity index (χ0) is 22.6. The SMILES string of the molecule is Cl.Cl.O=C1c2ccc(OC3CCNCC3)nc2OCCN1C[C@H](O)CN1CCc2ccccc2C1. The largest absolute Gasteiger partial charge is 0.475 e. The summed E-state index contributed by atoms with van der Waals surface area (Å²) < 4.78 is 11.8. The fourth-order valence-corrected chi connectivity index (χ4v) is 4.86. The van der Waals surface area contributed by atoms with Crippen molar-refractivity contribution < 1.29 is 19.4 Å². The zero-order valence-electron chi connectivity index (χ0n) is 19.7. The Bertz CT molecular complexity index is 990. The molecule has 3 aliphatic rings. The summed E-state index contributed by atoms with van der Waals surface area (Å²) in [4.78, 5) is 21.6. The fraction of sp³-hybridized carbons (Fsp3) is 0.520. The van der Waals surface area contributed by atoms with E-state index in [4.69, 9.17) is 9.47 Å². The average molecular weight is 525 g/mol. The number of carbonyl (C=O) groups is 1. The first kappa shape index (κ1) is 27.5. The van der Waals surface area contributed by atoms with Crippen molar-refractivity contribution in [2.45, 2.75) is 38.0 Å². The highest BCUT2D eigenvalue weighted by molar-refractivity contribution is 5.96. The van der Waals surface area contributed by atoms with Crippen molar-refractivity contribution >= 4 is 30.7 Å². The number of carbonyl (C=O) groups excluding carboxylic acids is 1. The molecule has 8 nitrogen and oxygen atoms in total. The van der Waals surface area contributed by atoms with E-state index in [0.29, 0.717) is 37.0 Å². The van der Waals surface area contributed by atoms with E-state index in [1.165, 1.54) is 11.1 Å². The topological polar surface area (TPSA) is 87.2 Å². The van der Waals surface area contributed by atoms with E-state index in [-0.39, 0.29) is 43.4 Å². The molecule has 0 saturated carbocycles. The zero-order valence-corrected chi connectivity index (χ0v) is 21.4. The molecule has 1 amide bonds. The van der Waals surface area contributed by atoms with Gasteiger partial charge < -0.3 is 24.8 Å². The number of nitrogens with one attached hydrogen (secondary N) is 1. The highest BCUT2D eigenvalue weighted by Crippen LogP contribution is 2.26. The van der Waals surface area contributed by atoms with E-state index in [9.17, 15) is 9.90 Å². The quantitative estimate of drug-likeness (QED) is 0.599. The molecule has 1 aromatic heterocycles. The molecule has 4 heterocycles. The molecule has 3 aliphatic heterocycles. The molecule has 0 unspecified atom stereocenters. The number of β-amino-alcohol motifs (C(OH)–C–C–N with tert-alkyl or cyclic N) is 1. The molecule has 10 heteroatoms. The summed E-state index contributed by atoms with van der Waals surface area (Å²) in [6.07, 6.45) is 2.36. The summed E-state index contributed by atoms with van der Waals surface area (Å²) in [5, 5.41) is 14.1. The number of hydrogen-bond acceptors (Lipinski definition) is 7. The van der Waals surface area contributed by atoms with Crippen LogP contribution in [0.1, 0.15) is 34.3 Å². The van der Waals surface area contributed by atoms with Crippen LogP contribution < -0.4 is 14.8 Å². The lowest BCUT2D eigenvalue weighted by atomic mass is 10.00. The van der Waals surface area contributed by atoms with E-state index in [2.05, 4.69) is 39.5 Å². The average Bonchev–Trinajstić information content (AvgIpc) is 2.98. The van der Waals surface area contributed by atoms with Crippen molar-refractivity contribution in [3.63, 3.8) is 0 Å². The van der Waals surface area contributed by atoms with E-state index in [1.807, 2.05) is 0 Å². The molecule has 2 N–H and O–H groups in total. The van der Waals surface area contributed by atoms with Gasteiger partial charge in [-0.2, -0.15) is 4.98 Å². The number of amides is 1. The molecule has 1 saturated heterocycles. The normalized spacial score (nSPS) is 19.2. The number of nitrogens with zero attached hydrogens (tertiary/aromatic N) is 3. The van der Waals surface area contributed by atoms with Crippen LogP contribution in [0, 0.1) is 0 Å². The van der Waals surface area contributed by atoms with Gasteiger partial charge in [-0.25, -0.2) is 0 Å². The highest BCUT2D eigenvalue weighted by Gasteiger charge is 2.28. The summed E-state index contributed by atoms with van der Waals surface area (Å²) >= 11 is 0. The Morgan fingerprint density at radius 3 is 2.66 bits per heavy atom. The van der Waals surface area contributed by atoms with Gasteiger partial charge in [-0.15, -0.1) is 24.8 Å². The number of rotatable bonds is 6. The van der Waals surface area contributed by atoms with Crippen molar-refractivity contribution in [3.8, 4) is 11.8 Å². The van der Waals surface area contributed by atoms with Gasteiger partial charge >= 0.3 is 0 Å². The maximum atomic E-state index is 13.2. The Labute approximate surface area is 218 Å².